The summed E-state index contributed by atoms with van der Waals surface area (Å²) in [7, 11) is 0. The molecule has 1 aromatic rings. The van der Waals surface area contributed by atoms with Crippen LogP contribution in [0.5, 0.6) is 5.75 Å². The van der Waals surface area contributed by atoms with Gasteiger partial charge in [0.1, 0.15) is 5.75 Å². The Bertz CT molecular complexity index is 677. The van der Waals surface area contributed by atoms with E-state index in [-0.39, 0.29) is 18.0 Å². The number of para-hydroxylation sites is 1. The number of benzene rings is 1. The highest BCUT2D eigenvalue weighted by atomic mass is 16.5. The standard InChI is InChI=1S/C18H22N2O4/c21-16(22)18-8-3-4-12(18)10-20(11-18)17(23)19-14-7-9-24-15-6-2-1-5-13(14)15/h1-2,5-6,12,14H,3-4,7-11H2,(H,19,23)(H,21,22)/t12-,14?,18+/m0/s1. The molecule has 2 heterocycles. The summed E-state index contributed by atoms with van der Waals surface area (Å²) >= 11 is 0. The van der Waals surface area contributed by atoms with E-state index in [0.29, 0.717) is 26.1 Å². The molecular weight excluding hydrogens is 308 g/mol. The van der Waals surface area contributed by atoms with Crippen LogP contribution in [-0.2, 0) is 4.79 Å². The van der Waals surface area contributed by atoms with Crippen LogP contribution >= 0.6 is 0 Å². The summed E-state index contributed by atoms with van der Waals surface area (Å²) < 4.78 is 5.63. The molecule has 6 nitrogen and oxygen atoms in total. The van der Waals surface area contributed by atoms with Crippen molar-refractivity contribution in [1.82, 2.24) is 10.2 Å². The summed E-state index contributed by atoms with van der Waals surface area (Å²) in [6.07, 6.45) is 3.25. The number of carbonyl (C=O) groups is 2. The van der Waals surface area contributed by atoms with Crippen molar-refractivity contribution in [3.05, 3.63) is 29.8 Å². The van der Waals surface area contributed by atoms with Crippen molar-refractivity contribution in [2.45, 2.75) is 31.7 Å². The number of carboxylic acids is 1. The van der Waals surface area contributed by atoms with Crippen LogP contribution in [0, 0.1) is 11.3 Å². The number of ether oxygens (including phenoxy) is 1. The highest BCUT2D eigenvalue weighted by molar-refractivity contribution is 5.81. The number of urea groups is 1. The fraction of sp³-hybridized carbons (Fsp3) is 0.556. The molecule has 1 aliphatic carbocycles. The SMILES string of the molecule is O=C(NC1CCOc2ccccc21)N1C[C@@H]2CCC[C@@]2(C(=O)O)C1. The Morgan fingerprint density at radius 2 is 2.12 bits per heavy atom. The lowest BCUT2D eigenvalue weighted by Crippen LogP contribution is -2.43. The van der Waals surface area contributed by atoms with Crippen molar-refractivity contribution in [3.63, 3.8) is 0 Å². The molecule has 2 fully saturated rings. The summed E-state index contributed by atoms with van der Waals surface area (Å²) in [6, 6.07) is 7.49. The first-order chi connectivity index (χ1) is 11.6. The molecule has 128 valence electrons. The third-order valence-electron chi connectivity index (χ3n) is 5.84. The fourth-order valence-electron chi connectivity index (χ4n) is 4.53. The quantitative estimate of drug-likeness (QED) is 0.873. The predicted octanol–water partition coefficient (Wildman–Crippen LogP) is 2.41. The molecular formula is C18H22N2O4. The second-order valence-corrected chi connectivity index (χ2v) is 7.11. The molecule has 4 rings (SSSR count). The summed E-state index contributed by atoms with van der Waals surface area (Å²) in [5.74, 6) is 0.147. The van der Waals surface area contributed by atoms with Gasteiger partial charge < -0.3 is 20.1 Å². The second-order valence-electron chi connectivity index (χ2n) is 7.11. The maximum absolute atomic E-state index is 12.7. The molecule has 1 saturated heterocycles. The van der Waals surface area contributed by atoms with Gasteiger partial charge in [0.25, 0.3) is 0 Å². The van der Waals surface area contributed by atoms with Gasteiger partial charge in [0.15, 0.2) is 0 Å². The molecule has 1 unspecified atom stereocenters. The zero-order chi connectivity index (χ0) is 16.7. The maximum atomic E-state index is 12.7. The van der Waals surface area contributed by atoms with E-state index in [1.54, 1.807) is 4.90 Å². The van der Waals surface area contributed by atoms with Crippen molar-refractivity contribution in [2.75, 3.05) is 19.7 Å². The zero-order valence-electron chi connectivity index (χ0n) is 13.5. The fourth-order valence-corrected chi connectivity index (χ4v) is 4.53. The summed E-state index contributed by atoms with van der Waals surface area (Å²) in [4.78, 5) is 26.1. The molecule has 2 aliphatic heterocycles. The predicted molar refractivity (Wildman–Crippen MR) is 86.8 cm³/mol. The molecule has 3 atom stereocenters. The Morgan fingerprint density at radius 3 is 2.92 bits per heavy atom. The van der Waals surface area contributed by atoms with Gasteiger partial charge in [0.2, 0.25) is 0 Å². The van der Waals surface area contributed by atoms with E-state index in [2.05, 4.69) is 5.32 Å². The number of rotatable bonds is 2. The average Bonchev–Trinajstić information content (AvgIpc) is 3.13. The number of hydrogen-bond acceptors (Lipinski definition) is 3. The number of carboxylic acid groups (broad SMARTS) is 1. The largest absolute Gasteiger partial charge is 0.493 e. The molecule has 24 heavy (non-hydrogen) atoms. The van der Waals surface area contributed by atoms with E-state index >= 15 is 0 Å². The lowest BCUT2D eigenvalue weighted by Gasteiger charge is -2.29. The minimum atomic E-state index is -0.753. The van der Waals surface area contributed by atoms with Crippen molar-refractivity contribution >= 4 is 12.0 Å². The minimum absolute atomic E-state index is 0.0799. The first kappa shape index (κ1) is 15.3. The molecule has 0 bridgehead atoms. The van der Waals surface area contributed by atoms with E-state index in [4.69, 9.17) is 4.74 Å². The molecule has 3 aliphatic rings. The number of amides is 2. The van der Waals surface area contributed by atoms with E-state index in [1.807, 2.05) is 24.3 Å². The van der Waals surface area contributed by atoms with E-state index in [9.17, 15) is 14.7 Å². The molecule has 1 saturated carbocycles. The minimum Gasteiger partial charge on any atom is -0.493 e. The molecule has 1 aromatic carbocycles. The number of hydrogen-bond donors (Lipinski definition) is 2. The summed E-state index contributed by atoms with van der Waals surface area (Å²) in [6.45, 7) is 1.44. The third-order valence-corrected chi connectivity index (χ3v) is 5.84. The Kier molecular flexibility index (Phi) is 3.62. The molecule has 2 amide bonds. The van der Waals surface area contributed by atoms with Crippen LogP contribution in [-0.4, -0.2) is 41.7 Å². The zero-order valence-corrected chi connectivity index (χ0v) is 13.5. The van der Waals surface area contributed by atoms with E-state index in [1.165, 1.54) is 0 Å². The van der Waals surface area contributed by atoms with Crippen LogP contribution < -0.4 is 10.1 Å². The van der Waals surface area contributed by atoms with Gasteiger partial charge in [-0.2, -0.15) is 0 Å². The van der Waals surface area contributed by atoms with Crippen LogP contribution in [0.1, 0.15) is 37.3 Å². The highest BCUT2D eigenvalue weighted by Crippen LogP contribution is 2.49. The number of fused-ring (bicyclic) bond motifs is 2. The number of likely N-dealkylation sites (tertiary alicyclic amines) is 1. The third kappa shape index (κ3) is 2.32. The lowest BCUT2D eigenvalue weighted by atomic mass is 9.81. The van der Waals surface area contributed by atoms with Gasteiger partial charge in [0.05, 0.1) is 18.1 Å². The molecule has 0 aromatic heterocycles. The smallest absolute Gasteiger partial charge is 0.317 e. The van der Waals surface area contributed by atoms with Gasteiger partial charge in [-0.1, -0.05) is 24.6 Å². The first-order valence-corrected chi connectivity index (χ1v) is 8.61. The van der Waals surface area contributed by atoms with Crippen molar-refractivity contribution in [3.8, 4) is 5.75 Å². The highest BCUT2D eigenvalue weighted by Gasteiger charge is 2.55. The van der Waals surface area contributed by atoms with Crippen LogP contribution in [0.3, 0.4) is 0 Å². The number of aliphatic carboxylic acids is 1. The second kappa shape index (κ2) is 5.69. The topological polar surface area (TPSA) is 78.9 Å². The van der Waals surface area contributed by atoms with Crippen molar-refractivity contribution in [1.29, 1.82) is 0 Å². The van der Waals surface area contributed by atoms with Gasteiger partial charge in [0, 0.05) is 25.1 Å². The molecule has 0 radical (unpaired) electrons. The van der Waals surface area contributed by atoms with E-state index < -0.39 is 11.4 Å². The van der Waals surface area contributed by atoms with Crippen LogP contribution in [0.4, 0.5) is 4.79 Å². The summed E-state index contributed by atoms with van der Waals surface area (Å²) in [5, 5.41) is 12.7. The Hall–Kier alpha value is -2.24. The van der Waals surface area contributed by atoms with E-state index in [0.717, 1.165) is 30.6 Å². The van der Waals surface area contributed by atoms with Gasteiger partial charge in [-0.15, -0.1) is 0 Å². The van der Waals surface area contributed by atoms with Gasteiger partial charge in [-0.05, 0) is 24.8 Å². The van der Waals surface area contributed by atoms with Gasteiger partial charge >= 0.3 is 12.0 Å². The van der Waals surface area contributed by atoms with Crippen LogP contribution in [0.2, 0.25) is 0 Å². The average molecular weight is 330 g/mol. The Morgan fingerprint density at radius 1 is 1.29 bits per heavy atom. The molecule has 2 N–H and O–H groups in total. The molecule has 0 spiro atoms. The summed E-state index contributed by atoms with van der Waals surface area (Å²) in [5.41, 5.74) is 0.259. The maximum Gasteiger partial charge on any atom is 0.317 e. The van der Waals surface area contributed by atoms with Crippen LogP contribution in [0.25, 0.3) is 0 Å². The lowest BCUT2D eigenvalue weighted by molar-refractivity contribution is -0.149. The van der Waals surface area contributed by atoms with Gasteiger partial charge in [-0.3, -0.25) is 4.79 Å². The number of nitrogens with zero attached hydrogens (tertiary/aromatic N) is 1. The van der Waals surface area contributed by atoms with Gasteiger partial charge in [-0.25, -0.2) is 4.79 Å². The Balaban J connectivity index is 1.48. The first-order valence-electron chi connectivity index (χ1n) is 8.61. The van der Waals surface area contributed by atoms with Crippen LogP contribution in [0.15, 0.2) is 24.3 Å². The van der Waals surface area contributed by atoms with Crippen molar-refractivity contribution in [2.24, 2.45) is 11.3 Å². The number of nitrogens with one attached hydrogen (secondary N) is 1. The van der Waals surface area contributed by atoms with Crippen molar-refractivity contribution < 1.29 is 19.4 Å². The molecule has 6 heteroatoms. The monoisotopic (exact) mass is 330 g/mol. The number of carbonyl (C=O) groups excluding carboxylic acids is 1. The Labute approximate surface area is 140 Å². The normalized spacial score (nSPS) is 31.1.